The molecule has 2 aliphatic rings. The highest BCUT2D eigenvalue weighted by atomic mass is 16.7. The summed E-state index contributed by atoms with van der Waals surface area (Å²) in [6, 6.07) is 10.8. The van der Waals surface area contributed by atoms with Crippen LogP contribution in [-0.4, -0.2) is 30.9 Å². The monoisotopic (exact) mass is 411 g/mol. The predicted octanol–water partition coefficient (Wildman–Crippen LogP) is 3.91. The van der Waals surface area contributed by atoms with E-state index in [0.717, 1.165) is 36.8 Å². The lowest BCUT2D eigenvalue weighted by Crippen LogP contribution is -2.34. The minimum Gasteiger partial charge on any atom is -0.482 e. The summed E-state index contributed by atoms with van der Waals surface area (Å²) >= 11 is 0. The van der Waals surface area contributed by atoms with E-state index in [1.54, 1.807) is 24.3 Å². The molecule has 7 nitrogen and oxygen atoms in total. The van der Waals surface area contributed by atoms with E-state index in [1.165, 1.54) is 0 Å². The van der Waals surface area contributed by atoms with Crippen LogP contribution in [0.15, 0.2) is 36.4 Å². The first-order valence-corrected chi connectivity index (χ1v) is 10.1. The van der Waals surface area contributed by atoms with Crippen molar-refractivity contribution < 1.29 is 28.5 Å². The van der Waals surface area contributed by atoms with E-state index in [4.69, 9.17) is 18.9 Å². The average Bonchev–Trinajstić information content (AvgIpc) is 3.32. The first-order chi connectivity index (χ1) is 14.4. The first kappa shape index (κ1) is 20.1. The maximum atomic E-state index is 12.1. The molecule has 0 radical (unpaired) electrons. The van der Waals surface area contributed by atoms with Gasteiger partial charge in [0.15, 0.2) is 24.7 Å². The van der Waals surface area contributed by atoms with Gasteiger partial charge < -0.3 is 24.3 Å². The second kappa shape index (κ2) is 8.26. The van der Waals surface area contributed by atoms with E-state index in [1.807, 2.05) is 26.0 Å². The summed E-state index contributed by atoms with van der Waals surface area (Å²) in [6.07, 6.45) is 3.89. The fraction of sp³-hybridized carbons (Fsp3) is 0.391. The summed E-state index contributed by atoms with van der Waals surface area (Å²) in [5, 5.41) is 2.70. The Labute approximate surface area is 175 Å². The van der Waals surface area contributed by atoms with Crippen molar-refractivity contribution in [2.75, 3.05) is 18.5 Å². The summed E-state index contributed by atoms with van der Waals surface area (Å²) in [5.41, 5.74) is 2.77. The number of anilines is 1. The predicted molar refractivity (Wildman–Crippen MR) is 110 cm³/mol. The van der Waals surface area contributed by atoms with Crippen LogP contribution in [0.5, 0.6) is 17.2 Å². The lowest BCUT2D eigenvalue weighted by atomic mass is 10.1. The van der Waals surface area contributed by atoms with Gasteiger partial charge in [0.2, 0.25) is 0 Å². The first-order valence-electron chi connectivity index (χ1n) is 10.1. The standard InChI is InChI=1S/C23H25NO6/c1-15-5-7-18(11-16(15)2)27-14-22(26)28-13-21(25)24-17-6-8-19-20(12-17)30-23(29-19)9-3-4-10-23/h5-8,11-12H,3-4,9-10,13-14H2,1-2H3,(H,24,25). The molecule has 1 aliphatic heterocycles. The van der Waals surface area contributed by atoms with E-state index < -0.39 is 24.3 Å². The smallest absolute Gasteiger partial charge is 0.344 e. The molecule has 1 amide bonds. The lowest BCUT2D eigenvalue weighted by Gasteiger charge is -2.21. The number of benzene rings is 2. The largest absolute Gasteiger partial charge is 0.482 e. The van der Waals surface area contributed by atoms with E-state index >= 15 is 0 Å². The molecule has 1 N–H and O–H groups in total. The maximum absolute atomic E-state index is 12.1. The van der Waals surface area contributed by atoms with Crippen LogP contribution in [0.2, 0.25) is 0 Å². The van der Waals surface area contributed by atoms with Crippen molar-refractivity contribution in [2.24, 2.45) is 0 Å². The summed E-state index contributed by atoms with van der Waals surface area (Å²) in [7, 11) is 0. The zero-order chi connectivity index (χ0) is 21.1. The molecule has 0 aromatic heterocycles. The zero-order valence-corrected chi connectivity index (χ0v) is 17.2. The lowest BCUT2D eigenvalue weighted by molar-refractivity contribution is -0.149. The highest BCUT2D eigenvalue weighted by molar-refractivity contribution is 5.93. The molecule has 2 aromatic carbocycles. The number of esters is 1. The molecule has 2 aromatic rings. The third kappa shape index (κ3) is 4.50. The Kier molecular flexibility index (Phi) is 5.53. The third-order valence-electron chi connectivity index (χ3n) is 5.38. The maximum Gasteiger partial charge on any atom is 0.344 e. The topological polar surface area (TPSA) is 83.1 Å². The SMILES string of the molecule is Cc1ccc(OCC(=O)OCC(=O)Nc2ccc3c(c2)OC2(CCCC2)O3)cc1C. The number of aryl methyl sites for hydroxylation is 2. The molecule has 1 fully saturated rings. The zero-order valence-electron chi connectivity index (χ0n) is 17.2. The molecule has 0 unspecified atom stereocenters. The Morgan fingerprint density at radius 3 is 2.50 bits per heavy atom. The van der Waals surface area contributed by atoms with Crippen LogP contribution in [0.25, 0.3) is 0 Å². The molecule has 7 heteroatoms. The normalized spacial score (nSPS) is 15.8. The van der Waals surface area contributed by atoms with Gasteiger partial charge >= 0.3 is 5.97 Å². The van der Waals surface area contributed by atoms with Crippen molar-refractivity contribution >= 4 is 17.6 Å². The van der Waals surface area contributed by atoms with E-state index in [9.17, 15) is 9.59 Å². The van der Waals surface area contributed by atoms with Crippen molar-refractivity contribution in [1.29, 1.82) is 0 Å². The number of nitrogens with one attached hydrogen (secondary N) is 1. The van der Waals surface area contributed by atoms with Gasteiger partial charge in [-0.15, -0.1) is 0 Å². The minimum absolute atomic E-state index is 0.262. The van der Waals surface area contributed by atoms with Gasteiger partial charge in [0, 0.05) is 24.6 Å². The molecule has 1 heterocycles. The second-order valence-electron chi connectivity index (χ2n) is 7.73. The molecule has 4 rings (SSSR count). The van der Waals surface area contributed by atoms with Crippen LogP contribution in [0, 0.1) is 13.8 Å². The number of hydrogen-bond acceptors (Lipinski definition) is 6. The number of carbonyl (C=O) groups excluding carboxylic acids is 2. The molecule has 1 saturated carbocycles. The van der Waals surface area contributed by atoms with Crippen LogP contribution < -0.4 is 19.5 Å². The molecule has 0 bridgehead atoms. The number of hydrogen-bond donors (Lipinski definition) is 1. The third-order valence-corrected chi connectivity index (χ3v) is 5.38. The van der Waals surface area contributed by atoms with Crippen molar-refractivity contribution in [1.82, 2.24) is 0 Å². The van der Waals surface area contributed by atoms with Gasteiger partial charge in [-0.2, -0.15) is 0 Å². The van der Waals surface area contributed by atoms with Crippen molar-refractivity contribution in [3.8, 4) is 17.2 Å². The van der Waals surface area contributed by atoms with Crippen LogP contribution in [-0.2, 0) is 14.3 Å². The second-order valence-corrected chi connectivity index (χ2v) is 7.73. The summed E-state index contributed by atoms with van der Waals surface area (Å²) in [5.74, 6) is 0.288. The highest BCUT2D eigenvalue weighted by Gasteiger charge is 2.44. The van der Waals surface area contributed by atoms with Gasteiger partial charge in [-0.3, -0.25) is 4.79 Å². The molecular formula is C23H25NO6. The van der Waals surface area contributed by atoms with Crippen LogP contribution in [0.1, 0.15) is 36.8 Å². The van der Waals surface area contributed by atoms with Gasteiger partial charge in [-0.1, -0.05) is 6.07 Å². The van der Waals surface area contributed by atoms with E-state index in [2.05, 4.69) is 5.32 Å². The summed E-state index contributed by atoms with van der Waals surface area (Å²) in [4.78, 5) is 24.0. The van der Waals surface area contributed by atoms with Gasteiger partial charge in [0.1, 0.15) is 5.75 Å². The van der Waals surface area contributed by atoms with E-state index in [0.29, 0.717) is 22.9 Å². The van der Waals surface area contributed by atoms with E-state index in [-0.39, 0.29) is 6.61 Å². The van der Waals surface area contributed by atoms with Gasteiger partial charge in [0.25, 0.3) is 11.7 Å². The van der Waals surface area contributed by atoms with Crippen LogP contribution in [0.3, 0.4) is 0 Å². The fourth-order valence-electron chi connectivity index (χ4n) is 3.62. The Morgan fingerprint density at radius 1 is 0.967 bits per heavy atom. The molecule has 1 aliphatic carbocycles. The Bertz CT molecular complexity index is 964. The number of ether oxygens (including phenoxy) is 4. The van der Waals surface area contributed by atoms with Crippen molar-refractivity contribution in [3.63, 3.8) is 0 Å². The van der Waals surface area contributed by atoms with Gasteiger partial charge in [-0.05, 0) is 62.1 Å². The molecule has 0 atom stereocenters. The molecule has 1 spiro atoms. The molecule has 0 saturated heterocycles. The average molecular weight is 411 g/mol. The fourth-order valence-corrected chi connectivity index (χ4v) is 3.62. The van der Waals surface area contributed by atoms with Crippen LogP contribution in [0.4, 0.5) is 5.69 Å². The molecule has 158 valence electrons. The highest BCUT2D eigenvalue weighted by Crippen LogP contribution is 2.47. The molecule has 30 heavy (non-hydrogen) atoms. The number of amides is 1. The summed E-state index contributed by atoms with van der Waals surface area (Å²) < 4.78 is 22.3. The van der Waals surface area contributed by atoms with Gasteiger partial charge in [-0.25, -0.2) is 4.79 Å². The van der Waals surface area contributed by atoms with Crippen molar-refractivity contribution in [3.05, 3.63) is 47.5 Å². The van der Waals surface area contributed by atoms with Crippen LogP contribution >= 0.6 is 0 Å². The number of fused-ring (bicyclic) bond motifs is 1. The summed E-state index contributed by atoms with van der Waals surface area (Å²) in [6.45, 7) is 3.31. The number of rotatable bonds is 6. The van der Waals surface area contributed by atoms with Crippen molar-refractivity contribution in [2.45, 2.75) is 45.3 Å². The Hall–Kier alpha value is -3.22. The van der Waals surface area contributed by atoms with Gasteiger partial charge in [0.05, 0.1) is 0 Å². The number of carbonyl (C=O) groups is 2. The minimum atomic E-state index is -0.614. The molecular weight excluding hydrogens is 386 g/mol. The quantitative estimate of drug-likeness (QED) is 0.726. The Morgan fingerprint density at radius 2 is 1.73 bits per heavy atom. The Balaban J connectivity index is 1.23.